The highest BCUT2D eigenvalue weighted by Crippen LogP contribution is 2.28. The van der Waals surface area contributed by atoms with E-state index in [9.17, 15) is 0 Å². The third kappa shape index (κ3) is 4.76. The Balaban J connectivity index is 1.34. The molecule has 0 saturated heterocycles. The van der Waals surface area contributed by atoms with Crippen molar-refractivity contribution >= 4 is 11.6 Å². The minimum absolute atomic E-state index is 0.525. The van der Waals surface area contributed by atoms with Crippen molar-refractivity contribution < 1.29 is 4.42 Å². The van der Waals surface area contributed by atoms with Gasteiger partial charge in [-0.05, 0) is 55.2 Å². The summed E-state index contributed by atoms with van der Waals surface area (Å²) in [5.41, 5.74) is 8.37. The predicted octanol–water partition coefficient (Wildman–Crippen LogP) is 7.67. The van der Waals surface area contributed by atoms with Crippen LogP contribution in [0.1, 0.15) is 19.0 Å². The largest absolute Gasteiger partial charge is 0.443 e. The first kappa shape index (κ1) is 21.2. The Hall–Kier alpha value is -3.63. The normalized spacial score (nSPS) is 13.5. The van der Waals surface area contributed by atoms with E-state index in [1.54, 1.807) is 6.26 Å². The number of hydrogen-bond donors (Lipinski definition) is 0. The summed E-state index contributed by atoms with van der Waals surface area (Å²) in [6.07, 6.45) is 11.4. The van der Waals surface area contributed by atoms with E-state index in [-0.39, 0.29) is 0 Å². The summed E-state index contributed by atoms with van der Waals surface area (Å²) >= 11 is 6.00. The molecule has 0 aliphatic heterocycles. The zero-order chi connectivity index (χ0) is 22.8. The third-order valence-corrected chi connectivity index (χ3v) is 6.03. The molecule has 5 rings (SSSR count). The van der Waals surface area contributed by atoms with Crippen LogP contribution >= 0.6 is 11.6 Å². The van der Waals surface area contributed by atoms with Gasteiger partial charge in [0.1, 0.15) is 17.7 Å². The Bertz CT molecular complexity index is 1370. The number of allylic oxidation sites excluding steroid dienone is 6. The molecule has 0 radical (unpaired) electrons. The van der Waals surface area contributed by atoms with Gasteiger partial charge in [-0.2, -0.15) is 5.10 Å². The first-order chi connectivity index (χ1) is 16.0. The van der Waals surface area contributed by atoms with Crippen molar-refractivity contribution in [3.8, 4) is 34.0 Å². The number of benzene rings is 2. The van der Waals surface area contributed by atoms with E-state index in [0.29, 0.717) is 5.89 Å². The van der Waals surface area contributed by atoms with E-state index >= 15 is 0 Å². The van der Waals surface area contributed by atoms with Crippen LogP contribution in [0.15, 0.2) is 101 Å². The van der Waals surface area contributed by atoms with Crippen molar-refractivity contribution in [3.63, 3.8) is 0 Å². The van der Waals surface area contributed by atoms with Gasteiger partial charge in [0.25, 0.3) is 0 Å². The number of oxazole rings is 1. The van der Waals surface area contributed by atoms with Crippen LogP contribution < -0.4 is 0 Å². The van der Waals surface area contributed by atoms with Crippen LogP contribution in [0.2, 0.25) is 5.02 Å². The van der Waals surface area contributed by atoms with E-state index in [0.717, 1.165) is 51.8 Å². The maximum atomic E-state index is 6.00. The molecular weight excluding hydrogens is 430 g/mol. The SMILES string of the molecule is CC1=CCC=C(Cn2nc(-c3nc(-c4ccc(-c5ccc(Cl)cc5)cc4)co3)cc2C)C=C1. The molecule has 0 atom stereocenters. The van der Waals surface area contributed by atoms with E-state index in [1.165, 1.54) is 11.1 Å². The van der Waals surface area contributed by atoms with E-state index in [1.807, 2.05) is 35.0 Å². The minimum atomic E-state index is 0.525. The average Bonchev–Trinajstić information content (AvgIpc) is 3.39. The van der Waals surface area contributed by atoms with Crippen molar-refractivity contribution in [3.05, 3.63) is 107 Å². The molecule has 2 heterocycles. The maximum Gasteiger partial charge on any atom is 0.247 e. The van der Waals surface area contributed by atoms with Crippen LogP contribution in [0.25, 0.3) is 34.0 Å². The monoisotopic (exact) mass is 453 g/mol. The van der Waals surface area contributed by atoms with Gasteiger partial charge in [-0.15, -0.1) is 0 Å². The number of halogens is 1. The molecule has 0 amide bonds. The summed E-state index contributed by atoms with van der Waals surface area (Å²) in [5, 5.41) is 5.48. The summed E-state index contributed by atoms with van der Waals surface area (Å²) in [6.45, 7) is 4.90. The molecule has 0 unspecified atom stereocenters. The molecule has 33 heavy (non-hydrogen) atoms. The fraction of sp³-hybridized carbons (Fsp3) is 0.143. The zero-order valence-corrected chi connectivity index (χ0v) is 19.4. The second-order valence-electron chi connectivity index (χ2n) is 8.25. The summed E-state index contributed by atoms with van der Waals surface area (Å²) in [6, 6.07) is 18.1. The van der Waals surface area contributed by atoms with Gasteiger partial charge < -0.3 is 4.42 Å². The van der Waals surface area contributed by atoms with Crippen LogP contribution in [-0.4, -0.2) is 14.8 Å². The van der Waals surface area contributed by atoms with E-state index in [2.05, 4.69) is 62.4 Å². The Kier molecular flexibility index (Phi) is 5.84. The Morgan fingerprint density at radius 2 is 1.58 bits per heavy atom. The molecule has 1 aliphatic carbocycles. The highest BCUT2D eigenvalue weighted by molar-refractivity contribution is 6.30. The molecule has 0 bridgehead atoms. The minimum Gasteiger partial charge on any atom is -0.443 e. The molecule has 0 spiro atoms. The molecule has 0 saturated carbocycles. The van der Waals surface area contributed by atoms with E-state index in [4.69, 9.17) is 26.1 Å². The van der Waals surface area contributed by atoms with Crippen molar-refractivity contribution in [1.29, 1.82) is 0 Å². The van der Waals surface area contributed by atoms with Gasteiger partial charge in [-0.3, -0.25) is 4.68 Å². The van der Waals surface area contributed by atoms with Crippen molar-refractivity contribution in [2.24, 2.45) is 0 Å². The number of aromatic nitrogens is 3. The highest BCUT2D eigenvalue weighted by atomic mass is 35.5. The van der Waals surface area contributed by atoms with Gasteiger partial charge >= 0.3 is 0 Å². The molecule has 4 nitrogen and oxygen atoms in total. The number of rotatable bonds is 5. The quantitative estimate of drug-likeness (QED) is 0.311. The van der Waals surface area contributed by atoms with Crippen LogP contribution in [0.4, 0.5) is 0 Å². The van der Waals surface area contributed by atoms with Gasteiger partial charge in [0.2, 0.25) is 5.89 Å². The van der Waals surface area contributed by atoms with Gasteiger partial charge in [-0.25, -0.2) is 4.98 Å². The lowest BCUT2D eigenvalue weighted by molar-refractivity contribution is 0.568. The standard InChI is InChI=1S/C28H24ClN3O/c1-19-4-3-5-21(7-6-19)17-32-20(2)16-26(31-32)28-30-27(18-33-28)24-10-8-22(9-11-24)23-12-14-25(29)15-13-23/h4-16,18H,3,17H2,1-2H3. The molecular formula is C28H24ClN3O. The van der Waals surface area contributed by atoms with Crippen LogP contribution in [0, 0.1) is 6.92 Å². The van der Waals surface area contributed by atoms with Gasteiger partial charge in [0.15, 0.2) is 0 Å². The van der Waals surface area contributed by atoms with Crippen LogP contribution in [0.5, 0.6) is 0 Å². The zero-order valence-electron chi connectivity index (χ0n) is 18.6. The second kappa shape index (κ2) is 9.08. The van der Waals surface area contributed by atoms with Gasteiger partial charge in [-0.1, -0.05) is 77.9 Å². The molecule has 2 aromatic heterocycles. The number of aryl methyl sites for hydroxylation is 1. The molecule has 164 valence electrons. The summed E-state index contributed by atoms with van der Waals surface area (Å²) in [7, 11) is 0. The Labute approximate surface area is 198 Å². The Morgan fingerprint density at radius 1 is 0.879 bits per heavy atom. The average molecular weight is 454 g/mol. The molecule has 5 heteroatoms. The molecule has 0 N–H and O–H groups in total. The van der Waals surface area contributed by atoms with Crippen molar-refractivity contribution in [1.82, 2.24) is 14.8 Å². The summed E-state index contributed by atoms with van der Waals surface area (Å²) in [5.74, 6) is 0.525. The first-order valence-electron chi connectivity index (χ1n) is 11.0. The molecule has 0 fully saturated rings. The maximum absolute atomic E-state index is 6.00. The Morgan fingerprint density at radius 3 is 2.33 bits per heavy atom. The molecule has 4 aromatic rings. The van der Waals surface area contributed by atoms with E-state index < -0.39 is 0 Å². The molecule has 1 aliphatic rings. The lowest BCUT2D eigenvalue weighted by Gasteiger charge is -2.04. The third-order valence-electron chi connectivity index (χ3n) is 5.78. The van der Waals surface area contributed by atoms with Gasteiger partial charge in [0, 0.05) is 16.3 Å². The first-order valence-corrected chi connectivity index (χ1v) is 11.3. The fourth-order valence-corrected chi connectivity index (χ4v) is 3.96. The van der Waals surface area contributed by atoms with Crippen LogP contribution in [-0.2, 0) is 6.54 Å². The lowest BCUT2D eigenvalue weighted by Crippen LogP contribution is -2.04. The second-order valence-corrected chi connectivity index (χ2v) is 8.68. The van der Waals surface area contributed by atoms with Crippen molar-refractivity contribution in [2.45, 2.75) is 26.8 Å². The predicted molar refractivity (Wildman–Crippen MR) is 134 cm³/mol. The lowest BCUT2D eigenvalue weighted by atomic mass is 10.0. The number of hydrogen-bond acceptors (Lipinski definition) is 3. The summed E-state index contributed by atoms with van der Waals surface area (Å²) in [4.78, 5) is 4.69. The summed E-state index contributed by atoms with van der Waals surface area (Å²) < 4.78 is 7.78. The fourth-order valence-electron chi connectivity index (χ4n) is 3.84. The number of nitrogens with zero attached hydrogens (tertiary/aromatic N) is 3. The van der Waals surface area contributed by atoms with Crippen LogP contribution in [0.3, 0.4) is 0 Å². The van der Waals surface area contributed by atoms with Gasteiger partial charge in [0.05, 0.1) is 6.54 Å². The topological polar surface area (TPSA) is 43.9 Å². The van der Waals surface area contributed by atoms with Crippen molar-refractivity contribution in [2.75, 3.05) is 0 Å². The molecule has 2 aromatic carbocycles. The highest BCUT2D eigenvalue weighted by Gasteiger charge is 2.14. The smallest absolute Gasteiger partial charge is 0.247 e.